The Balaban J connectivity index is -0.0000000213. The van der Waals surface area contributed by atoms with Crippen molar-refractivity contribution in [3.63, 3.8) is 0 Å². The summed E-state index contributed by atoms with van der Waals surface area (Å²) in [7, 11) is 0. The van der Waals surface area contributed by atoms with Gasteiger partial charge >= 0.3 is 21.1 Å². The Morgan fingerprint density at radius 1 is 0.538 bits per heavy atom. The van der Waals surface area contributed by atoms with Gasteiger partial charge in [-0.15, -0.1) is 0 Å². The number of hydrogen-bond acceptors (Lipinski definition) is 8. The van der Waals surface area contributed by atoms with Crippen LogP contribution in [-0.2, 0) is 40.2 Å². The van der Waals surface area contributed by atoms with E-state index in [1.165, 1.54) is 0 Å². The zero-order valence-electron chi connectivity index (χ0n) is 5.98. The van der Waals surface area contributed by atoms with E-state index in [0.717, 1.165) is 0 Å². The van der Waals surface area contributed by atoms with Crippen LogP contribution < -0.4 is 20.4 Å². The van der Waals surface area contributed by atoms with Crippen molar-refractivity contribution in [3.8, 4) is 0 Å². The van der Waals surface area contributed by atoms with Crippen molar-refractivity contribution in [1.29, 1.82) is 0 Å². The second-order valence-electron chi connectivity index (χ2n) is 0.385. The largest absolute Gasteiger partial charge is 4.00 e. The molecule has 0 aliphatic rings. The van der Waals surface area contributed by atoms with Gasteiger partial charge in [-0.05, 0) is 0 Å². The molecule has 0 unspecified atom stereocenters. The van der Waals surface area contributed by atoms with E-state index in [4.69, 9.17) is 39.6 Å². The van der Waals surface area contributed by atoms with Gasteiger partial charge in [0.25, 0.3) is 0 Å². The van der Waals surface area contributed by atoms with Crippen LogP contribution in [0.1, 0.15) is 0 Å². The van der Waals surface area contributed by atoms with Crippen molar-refractivity contribution >= 4 is 25.9 Å². The molecule has 0 aromatic heterocycles. The molecule has 0 spiro atoms. The van der Waals surface area contributed by atoms with Crippen LogP contribution in [0.25, 0.3) is 0 Å². The third-order valence-corrected chi connectivity index (χ3v) is 0. The summed E-state index contributed by atoms with van der Waals surface area (Å²) in [6, 6.07) is 0. The second kappa shape index (κ2) is 147. The molecule has 13 heavy (non-hydrogen) atoms. The van der Waals surface area contributed by atoms with E-state index in [-0.39, 0.29) is 21.1 Å². The molecule has 74 valence electrons. The normalized spacial score (nSPS) is 3.69. The summed E-state index contributed by atoms with van der Waals surface area (Å²) in [6.45, 7) is -2.00. The predicted molar refractivity (Wildman–Crippen MR) is 24.3 cm³/mol. The molecule has 0 fully saturated rings. The average Bonchev–Trinajstić information content (AvgIpc) is 1.92. The summed E-state index contributed by atoms with van der Waals surface area (Å²) in [5.74, 6) is 0. The average molecular weight is 364 g/mol. The van der Waals surface area contributed by atoms with Crippen LogP contribution >= 0.6 is 0 Å². The fourth-order valence-electron chi connectivity index (χ4n) is 0. The molecule has 0 N–H and O–H groups in total. The van der Waals surface area contributed by atoms with Crippen LogP contribution in [0.5, 0.6) is 0 Å². The summed E-state index contributed by atoms with van der Waals surface area (Å²) in [4.78, 5) is 33.0. The Morgan fingerprint density at radius 2 is 0.538 bits per heavy atom. The van der Waals surface area contributed by atoms with Gasteiger partial charge in [0, 0.05) is 25.9 Å². The molecule has 0 aromatic carbocycles. The van der Waals surface area contributed by atoms with Crippen molar-refractivity contribution in [2.45, 2.75) is 0 Å². The van der Waals surface area contributed by atoms with Crippen molar-refractivity contribution in [1.82, 2.24) is 0 Å². The van der Waals surface area contributed by atoms with Crippen molar-refractivity contribution < 1.29 is 60.7 Å². The molecule has 0 atom stereocenters. The zero-order valence-corrected chi connectivity index (χ0v) is 8.92. The van der Waals surface area contributed by atoms with Gasteiger partial charge in [0.15, 0.2) is 0 Å². The molecule has 0 radical (unpaired) electrons. The van der Waals surface area contributed by atoms with Gasteiger partial charge in [0.2, 0.25) is 0 Å². The van der Waals surface area contributed by atoms with Crippen LogP contribution in [0.3, 0.4) is 0 Å². The Bertz CT molecular complexity index is 70.1. The Morgan fingerprint density at radius 3 is 0.538 bits per heavy atom. The first-order valence-electron chi connectivity index (χ1n) is 1.89. The summed E-state index contributed by atoms with van der Waals surface area (Å²) >= 11 is 0. The summed E-state index contributed by atoms with van der Waals surface area (Å²) in [5, 5.41) is 33.0. The van der Waals surface area contributed by atoms with Gasteiger partial charge < -0.3 is 39.6 Å². The molecule has 8 nitrogen and oxygen atoms in total. The van der Waals surface area contributed by atoms with Gasteiger partial charge in [-0.25, -0.2) is 0 Å². The van der Waals surface area contributed by atoms with Crippen LogP contribution in [0.15, 0.2) is 0 Å². The molecule has 0 aromatic rings. The third-order valence-electron chi connectivity index (χ3n) is 0. The van der Waals surface area contributed by atoms with E-state index in [1.807, 2.05) is 0 Å². The number of carbonyl (C=O) groups excluding carboxylic acids is 4. The summed E-state index contributed by atoms with van der Waals surface area (Å²) in [5.41, 5.74) is 0. The fourth-order valence-corrected chi connectivity index (χ4v) is 0. The molecular formula is C4H4O8W. The first kappa shape index (κ1) is 29.9. The first-order chi connectivity index (χ1) is 5.66. The van der Waals surface area contributed by atoms with Crippen LogP contribution in [0.2, 0.25) is 0 Å². The van der Waals surface area contributed by atoms with Gasteiger partial charge in [0.1, 0.15) is 0 Å². The Kier molecular flexibility index (Phi) is 338. The van der Waals surface area contributed by atoms with Gasteiger partial charge in [-0.3, -0.25) is 0 Å². The Labute approximate surface area is 87.1 Å². The van der Waals surface area contributed by atoms with Crippen LogP contribution in [0.4, 0.5) is 0 Å². The minimum Gasteiger partial charge on any atom is -0.554 e. The molecule has 0 bridgehead atoms. The van der Waals surface area contributed by atoms with Crippen LogP contribution in [-0.4, -0.2) is 25.9 Å². The number of carboxylic acid groups (broad SMARTS) is 4. The molecule has 9 heteroatoms. The van der Waals surface area contributed by atoms with Crippen molar-refractivity contribution in [3.05, 3.63) is 0 Å². The quantitative estimate of drug-likeness (QED) is 0.384. The third kappa shape index (κ3) is 379. The van der Waals surface area contributed by atoms with E-state index in [2.05, 4.69) is 0 Å². The standard InChI is InChI=1S/4CH2O2.W/c4*2-1-3;/h4*1H,(H,2,3);/q;;;;+4/p-4. The molecule has 0 saturated carbocycles. The maximum absolute atomic E-state index is 8.25. The minimum atomic E-state index is -0.500. The minimum absolute atomic E-state index is 0. The van der Waals surface area contributed by atoms with Crippen molar-refractivity contribution in [2.24, 2.45) is 0 Å². The summed E-state index contributed by atoms with van der Waals surface area (Å²) in [6.07, 6.45) is 0. The molecule has 0 amide bonds. The van der Waals surface area contributed by atoms with Crippen LogP contribution in [0, 0.1) is 0 Å². The topological polar surface area (TPSA) is 161 Å². The molecular weight excluding hydrogens is 360 g/mol. The SMILES string of the molecule is O=C[O-].O=C[O-].O=C[O-].O=C[O-].[W+4]. The Hall–Kier alpha value is -1.43. The monoisotopic (exact) mass is 364 g/mol. The molecule has 0 aliphatic heterocycles. The predicted octanol–water partition coefficient (Wildman–Crippen LogP) is -6.54. The molecule has 0 saturated heterocycles. The van der Waals surface area contributed by atoms with E-state index >= 15 is 0 Å². The first-order valence-corrected chi connectivity index (χ1v) is 1.89. The van der Waals surface area contributed by atoms with Gasteiger partial charge in [0.05, 0.1) is 0 Å². The number of rotatable bonds is 0. The van der Waals surface area contributed by atoms with Crippen molar-refractivity contribution in [2.75, 3.05) is 0 Å². The maximum atomic E-state index is 8.25. The molecule has 0 aliphatic carbocycles. The van der Waals surface area contributed by atoms with E-state index in [9.17, 15) is 0 Å². The maximum Gasteiger partial charge on any atom is 4.00 e. The fraction of sp³-hybridized carbons (Fsp3) is 0. The smallest absolute Gasteiger partial charge is 0.554 e. The number of hydrogen-bond donors (Lipinski definition) is 0. The number of carbonyl (C=O) groups is 4. The molecule has 0 heterocycles. The summed E-state index contributed by atoms with van der Waals surface area (Å²) < 4.78 is 0. The zero-order chi connectivity index (χ0) is 10.8. The van der Waals surface area contributed by atoms with E-state index < -0.39 is 25.9 Å². The van der Waals surface area contributed by atoms with E-state index in [1.54, 1.807) is 0 Å². The van der Waals surface area contributed by atoms with Gasteiger partial charge in [-0.1, -0.05) is 0 Å². The second-order valence-corrected chi connectivity index (χ2v) is 0.385. The molecule has 0 rings (SSSR count). The van der Waals surface area contributed by atoms with Gasteiger partial charge in [-0.2, -0.15) is 0 Å². The van der Waals surface area contributed by atoms with E-state index in [0.29, 0.717) is 0 Å².